The number of nitrogens with one attached hydrogen (secondary N) is 1. The van der Waals surface area contributed by atoms with Crippen molar-refractivity contribution in [3.05, 3.63) is 46.5 Å². The van der Waals surface area contributed by atoms with Crippen molar-refractivity contribution in [3.63, 3.8) is 0 Å². The molecule has 0 bridgehead atoms. The SMILES string of the molecule is N[C@@H](C(=O)Nc1nc2c(s1)CCCC2)c1ccccc1. The quantitative estimate of drug-likeness (QED) is 0.912. The molecule has 2 aromatic rings. The van der Waals surface area contributed by atoms with Gasteiger partial charge in [-0.05, 0) is 31.2 Å². The molecular formula is C15H17N3OS. The standard InChI is InChI=1S/C15H17N3OS/c16-13(10-6-2-1-3-7-10)14(19)18-15-17-11-8-4-5-9-12(11)20-15/h1-3,6-7,13H,4-5,8-9,16H2,(H,17,18,19)/t13-/m1/s1. The van der Waals surface area contributed by atoms with Gasteiger partial charge in [0.2, 0.25) is 5.91 Å². The predicted molar refractivity (Wildman–Crippen MR) is 80.8 cm³/mol. The molecule has 1 aromatic heterocycles. The van der Waals surface area contributed by atoms with Gasteiger partial charge < -0.3 is 11.1 Å². The monoisotopic (exact) mass is 287 g/mol. The summed E-state index contributed by atoms with van der Waals surface area (Å²) in [6.45, 7) is 0. The first kappa shape index (κ1) is 13.3. The van der Waals surface area contributed by atoms with Crippen LogP contribution in [-0.4, -0.2) is 10.9 Å². The molecule has 0 aliphatic heterocycles. The van der Waals surface area contributed by atoms with Gasteiger partial charge in [0.05, 0.1) is 5.69 Å². The topological polar surface area (TPSA) is 68.0 Å². The van der Waals surface area contributed by atoms with Crippen molar-refractivity contribution in [1.29, 1.82) is 0 Å². The molecule has 1 aliphatic carbocycles. The van der Waals surface area contributed by atoms with Crippen molar-refractivity contribution in [2.24, 2.45) is 5.73 Å². The van der Waals surface area contributed by atoms with Crippen molar-refractivity contribution in [1.82, 2.24) is 4.98 Å². The van der Waals surface area contributed by atoms with Crippen LogP contribution in [0.15, 0.2) is 30.3 Å². The highest BCUT2D eigenvalue weighted by atomic mass is 32.1. The third kappa shape index (κ3) is 2.73. The minimum Gasteiger partial charge on any atom is -0.316 e. The van der Waals surface area contributed by atoms with Crippen LogP contribution in [0.1, 0.15) is 35.0 Å². The number of amides is 1. The number of fused-ring (bicyclic) bond motifs is 1. The molecule has 1 atom stereocenters. The van der Waals surface area contributed by atoms with Gasteiger partial charge in [0.1, 0.15) is 6.04 Å². The summed E-state index contributed by atoms with van der Waals surface area (Å²) in [5.41, 5.74) is 7.93. The van der Waals surface area contributed by atoms with Gasteiger partial charge in [0.15, 0.2) is 5.13 Å². The highest BCUT2D eigenvalue weighted by Gasteiger charge is 2.19. The van der Waals surface area contributed by atoms with Crippen LogP contribution < -0.4 is 11.1 Å². The van der Waals surface area contributed by atoms with Crippen molar-refractivity contribution in [3.8, 4) is 0 Å². The molecule has 0 spiro atoms. The van der Waals surface area contributed by atoms with Crippen LogP contribution in [0.25, 0.3) is 0 Å². The molecule has 0 saturated carbocycles. The Bertz CT molecular complexity index is 585. The highest BCUT2D eigenvalue weighted by Crippen LogP contribution is 2.29. The fourth-order valence-electron chi connectivity index (χ4n) is 2.40. The lowest BCUT2D eigenvalue weighted by atomic mass is 10.0. The van der Waals surface area contributed by atoms with E-state index in [-0.39, 0.29) is 5.91 Å². The van der Waals surface area contributed by atoms with E-state index in [1.54, 1.807) is 11.3 Å². The van der Waals surface area contributed by atoms with Crippen molar-refractivity contribution in [2.75, 3.05) is 5.32 Å². The van der Waals surface area contributed by atoms with Crippen LogP contribution >= 0.6 is 11.3 Å². The average Bonchev–Trinajstić information content (AvgIpc) is 2.89. The Hall–Kier alpha value is -1.72. The Balaban J connectivity index is 1.71. The van der Waals surface area contributed by atoms with E-state index in [0.717, 1.165) is 24.1 Å². The summed E-state index contributed by atoms with van der Waals surface area (Å²) in [6, 6.07) is 8.73. The van der Waals surface area contributed by atoms with Crippen LogP contribution in [0.3, 0.4) is 0 Å². The number of aryl methyl sites for hydroxylation is 2. The van der Waals surface area contributed by atoms with Crippen LogP contribution in [0.5, 0.6) is 0 Å². The summed E-state index contributed by atoms with van der Waals surface area (Å²) in [6.07, 6.45) is 4.50. The number of nitrogens with zero attached hydrogens (tertiary/aromatic N) is 1. The van der Waals surface area contributed by atoms with Crippen molar-refractivity contribution in [2.45, 2.75) is 31.7 Å². The first-order chi connectivity index (χ1) is 9.74. The smallest absolute Gasteiger partial charge is 0.247 e. The number of nitrogens with two attached hydrogens (primary N) is 1. The van der Waals surface area contributed by atoms with E-state index >= 15 is 0 Å². The lowest BCUT2D eigenvalue weighted by Gasteiger charge is -2.10. The number of rotatable bonds is 3. The van der Waals surface area contributed by atoms with Gasteiger partial charge in [-0.1, -0.05) is 30.3 Å². The average molecular weight is 287 g/mol. The van der Waals surface area contributed by atoms with Gasteiger partial charge in [-0.25, -0.2) is 4.98 Å². The van der Waals surface area contributed by atoms with E-state index in [9.17, 15) is 4.79 Å². The lowest BCUT2D eigenvalue weighted by molar-refractivity contribution is -0.117. The Morgan fingerprint density at radius 3 is 2.75 bits per heavy atom. The third-order valence-electron chi connectivity index (χ3n) is 3.52. The summed E-state index contributed by atoms with van der Waals surface area (Å²) in [5, 5.41) is 3.52. The van der Waals surface area contributed by atoms with Crippen LogP contribution in [0.4, 0.5) is 5.13 Å². The Morgan fingerprint density at radius 2 is 2.00 bits per heavy atom. The Morgan fingerprint density at radius 1 is 1.25 bits per heavy atom. The minimum atomic E-state index is -0.655. The molecule has 1 heterocycles. The molecule has 0 fully saturated rings. The molecule has 5 heteroatoms. The second kappa shape index (κ2) is 5.73. The van der Waals surface area contributed by atoms with Gasteiger partial charge in [0, 0.05) is 4.88 Å². The Kier molecular flexibility index (Phi) is 3.80. The molecule has 4 nitrogen and oxygen atoms in total. The molecule has 1 aromatic carbocycles. The fraction of sp³-hybridized carbons (Fsp3) is 0.333. The van der Waals surface area contributed by atoms with E-state index in [4.69, 9.17) is 5.73 Å². The van der Waals surface area contributed by atoms with E-state index < -0.39 is 6.04 Å². The summed E-state index contributed by atoms with van der Waals surface area (Å²) in [5.74, 6) is -0.206. The molecule has 20 heavy (non-hydrogen) atoms. The normalized spacial score (nSPS) is 15.4. The molecule has 3 N–H and O–H groups in total. The van der Waals surface area contributed by atoms with E-state index in [0.29, 0.717) is 5.13 Å². The first-order valence-corrected chi connectivity index (χ1v) is 7.65. The zero-order chi connectivity index (χ0) is 13.9. The van der Waals surface area contributed by atoms with Crippen molar-refractivity contribution >= 4 is 22.4 Å². The fourth-order valence-corrected chi connectivity index (χ4v) is 3.45. The molecule has 104 valence electrons. The van der Waals surface area contributed by atoms with E-state index in [2.05, 4.69) is 10.3 Å². The van der Waals surface area contributed by atoms with Crippen LogP contribution in [0.2, 0.25) is 0 Å². The Labute approximate surface area is 122 Å². The van der Waals surface area contributed by atoms with Gasteiger partial charge in [-0.15, -0.1) is 11.3 Å². The maximum atomic E-state index is 12.2. The molecule has 0 unspecified atom stereocenters. The summed E-state index contributed by atoms with van der Waals surface area (Å²) >= 11 is 1.58. The number of hydrogen-bond acceptors (Lipinski definition) is 4. The molecule has 1 amide bonds. The molecular weight excluding hydrogens is 270 g/mol. The second-order valence-electron chi connectivity index (χ2n) is 4.97. The highest BCUT2D eigenvalue weighted by molar-refractivity contribution is 7.15. The number of benzene rings is 1. The summed E-state index contributed by atoms with van der Waals surface area (Å²) < 4.78 is 0. The summed E-state index contributed by atoms with van der Waals surface area (Å²) in [7, 11) is 0. The van der Waals surface area contributed by atoms with Gasteiger partial charge in [-0.3, -0.25) is 4.79 Å². The van der Waals surface area contributed by atoms with Crippen LogP contribution in [0, 0.1) is 0 Å². The number of carbonyl (C=O) groups excluding carboxylic acids is 1. The van der Waals surface area contributed by atoms with Crippen molar-refractivity contribution < 1.29 is 4.79 Å². The minimum absolute atomic E-state index is 0.206. The van der Waals surface area contributed by atoms with Gasteiger partial charge in [0.25, 0.3) is 0 Å². The zero-order valence-electron chi connectivity index (χ0n) is 11.1. The first-order valence-electron chi connectivity index (χ1n) is 6.84. The molecule has 1 aliphatic rings. The lowest BCUT2D eigenvalue weighted by Crippen LogP contribution is -2.27. The maximum Gasteiger partial charge on any atom is 0.247 e. The van der Waals surface area contributed by atoms with E-state index in [1.807, 2.05) is 30.3 Å². The zero-order valence-corrected chi connectivity index (χ0v) is 12.0. The number of aromatic nitrogens is 1. The summed E-state index contributed by atoms with van der Waals surface area (Å²) in [4.78, 5) is 18.0. The number of thiazole rings is 1. The second-order valence-corrected chi connectivity index (χ2v) is 6.06. The van der Waals surface area contributed by atoms with Gasteiger partial charge in [-0.2, -0.15) is 0 Å². The van der Waals surface area contributed by atoms with Gasteiger partial charge >= 0.3 is 0 Å². The molecule has 3 rings (SSSR count). The predicted octanol–water partition coefficient (Wildman–Crippen LogP) is 2.66. The third-order valence-corrected chi connectivity index (χ3v) is 4.59. The number of hydrogen-bond donors (Lipinski definition) is 2. The maximum absolute atomic E-state index is 12.2. The largest absolute Gasteiger partial charge is 0.316 e. The number of carbonyl (C=O) groups is 1. The molecule has 0 saturated heterocycles. The van der Waals surface area contributed by atoms with E-state index in [1.165, 1.54) is 17.7 Å². The molecule has 0 radical (unpaired) electrons. The van der Waals surface area contributed by atoms with Crippen LogP contribution in [-0.2, 0) is 17.6 Å². The number of anilines is 1.